The molecule has 0 radical (unpaired) electrons. The predicted molar refractivity (Wildman–Crippen MR) is 115 cm³/mol. The summed E-state index contributed by atoms with van der Waals surface area (Å²) in [6.07, 6.45) is -0.193. The zero-order chi connectivity index (χ0) is 20.1. The second-order valence-corrected chi connectivity index (χ2v) is 10.5. The molecule has 1 aliphatic heterocycles. The van der Waals surface area contributed by atoms with Crippen LogP contribution in [-0.4, -0.2) is 55.2 Å². The lowest BCUT2D eigenvalue weighted by atomic mass is 10.1. The van der Waals surface area contributed by atoms with Crippen LogP contribution < -0.4 is 4.74 Å². The molecule has 8 heteroatoms. The van der Waals surface area contributed by atoms with E-state index in [9.17, 15) is 13.5 Å². The van der Waals surface area contributed by atoms with E-state index in [0.717, 1.165) is 10.0 Å². The number of hydrogen-bond acceptors (Lipinski definition) is 5. The Labute approximate surface area is 179 Å². The topological polar surface area (TPSA) is 66.8 Å². The minimum absolute atomic E-state index is 0.109. The Bertz CT molecular complexity index is 891. The summed E-state index contributed by atoms with van der Waals surface area (Å²) in [5.41, 5.74) is 0.912. The molecule has 2 unspecified atom stereocenters. The Kier molecular flexibility index (Phi) is 7.39. The first-order chi connectivity index (χ1) is 13.3. The highest BCUT2D eigenvalue weighted by Gasteiger charge is 2.33. The molecule has 28 heavy (non-hydrogen) atoms. The van der Waals surface area contributed by atoms with Gasteiger partial charge in [-0.05, 0) is 42.3 Å². The summed E-state index contributed by atoms with van der Waals surface area (Å²) in [6.45, 7) is 0.914. The monoisotopic (exact) mass is 487 g/mol. The number of ether oxygens (including phenoxy) is 1. The van der Waals surface area contributed by atoms with Gasteiger partial charge in [-0.2, -0.15) is 0 Å². The minimum atomic E-state index is -3.03. The maximum Gasteiger partial charge on any atom is 0.151 e. The lowest BCUT2D eigenvalue weighted by Crippen LogP contribution is -2.42. The van der Waals surface area contributed by atoms with Gasteiger partial charge in [-0.15, -0.1) is 0 Å². The van der Waals surface area contributed by atoms with Gasteiger partial charge in [-0.25, -0.2) is 8.42 Å². The van der Waals surface area contributed by atoms with Gasteiger partial charge < -0.3 is 9.84 Å². The molecule has 0 aliphatic carbocycles. The number of aliphatic hydroxyl groups excluding tert-OH is 1. The fourth-order valence-electron chi connectivity index (χ4n) is 3.30. The van der Waals surface area contributed by atoms with Gasteiger partial charge in [0.05, 0.1) is 11.5 Å². The largest absolute Gasteiger partial charge is 0.491 e. The van der Waals surface area contributed by atoms with E-state index in [2.05, 4.69) is 15.9 Å². The molecule has 5 nitrogen and oxygen atoms in total. The molecular weight excluding hydrogens is 466 g/mol. The molecule has 0 aromatic heterocycles. The van der Waals surface area contributed by atoms with E-state index in [0.29, 0.717) is 30.3 Å². The van der Waals surface area contributed by atoms with Crippen LogP contribution in [0.15, 0.2) is 53.0 Å². The molecule has 0 amide bonds. The molecule has 2 atom stereocenters. The third-order valence-corrected chi connectivity index (χ3v) is 7.41. The number of aliphatic hydroxyl groups is 1. The molecule has 1 heterocycles. The Morgan fingerprint density at radius 3 is 2.57 bits per heavy atom. The van der Waals surface area contributed by atoms with Crippen LogP contribution in [0.3, 0.4) is 0 Å². The number of benzene rings is 2. The van der Waals surface area contributed by atoms with Crippen molar-refractivity contribution in [1.29, 1.82) is 0 Å². The summed E-state index contributed by atoms with van der Waals surface area (Å²) in [7, 11) is -3.03. The SMILES string of the molecule is O=S1(=O)CCC(N(Cc2ccccc2Cl)CC(O)COc2ccc(Br)cc2)C1. The average Bonchev–Trinajstić information content (AvgIpc) is 3.02. The average molecular weight is 489 g/mol. The maximum absolute atomic E-state index is 11.9. The molecule has 1 fully saturated rings. The highest BCUT2D eigenvalue weighted by molar-refractivity contribution is 9.10. The van der Waals surface area contributed by atoms with Crippen LogP contribution in [0.5, 0.6) is 5.75 Å². The molecule has 1 N–H and O–H groups in total. The van der Waals surface area contributed by atoms with E-state index in [-0.39, 0.29) is 24.2 Å². The van der Waals surface area contributed by atoms with Gasteiger partial charge in [-0.3, -0.25) is 4.90 Å². The van der Waals surface area contributed by atoms with Crippen LogP contribution >= 0.6 is 27.5 Å². The summed E-state index contributed by atoms with van der Waals surface area (Å²) in [6, 6.07) is 14.7. The van der Waals surface area contributed by atoms with Crippen molar-refractivity contribution in [3.05, 3.63) is 63.6 Å². The molecule has 1 aliphatic rings. The van der Waals surface area contributed by atoms with Crippen LogP contribution in [0, 0.1) is 0 Å². The predicted octanol–water partition coefficient (Wildman–Crippen LogP) is 3.53. The van der Waals surface area contributed by atoms with E-state index in [1.807, 2.05) is 53.4 Å². The summed E-state index contributed by atoms with van der Waals surface area (Å²) < 4.78 is 30.5. The van der Waals surface area contributed by atoms with Gasteiger partial charge in [0.15, 0.2) is 9.84 Å². The van der Waals surface area contributed by atoms with Crippen LogP contribution in [0.25, 0.3) is 0 Å². The Hall–Kier alpha value is -1.12. The number of hydrogen-bond donors (Lipinski definition) is 1. The summed E-state index contributed by atoms with van der Waals surface area (Å²) in [4.78, 5) is 2.00. The summed E-state index contributed by atoms with van der Waals surface area (Å²) in [5, 5.41) is 11.1. The molecule has 0 saturated carbocycles. The minimum Gasteiger partial charge on any atom is -0.491 e. The highest BCUT2D eigenvalue weighted by atomic mass is 79.9. The summed E-state index contributed by atoms with van der Waals surface area (Å²) >= 11 is 9.66. The van der Waals surface area contributed by atoms with E-state index in [1.165, 1.54) is 0 Å². The normalized spacial score (nSPS) is 19.6. The Morgan fingerprint density at radius 1 is 1.21 bits per heavy atom. The van der Waals surface area contributed by atoms with Crippen molar-refractivity contribution in [2.45, 2.75) is 25.1 Å². The van der Waals surface area contributed by atoms with Crippen molar-refractivity contribution in [3.63, 3.8) is 0 Å². The van der Waals surface area contributed by atoms with Crippen molar-refractivity contribution in [1.82, 2.24) is 4.90 Å². The van der Waals surface area contributed by atoms with Gasteiger partial charge >= 0.3 is 0 Å². The van der Waals surface area contributed by atoms with E-state index >= 15 is 0 Å². The molecule has 0 spiro atoms. The molecule has 3 rings (SSSR count). The van der Waals surface area contributed by atoms with Crippen LogP contribution in [0.4, 0.5) is 0 Å². The number of rotatable bonds is 8. The molecule has 2 aromatic carbocycles. The molecule has 1 saturated heterocycles. The Balaban J connectivity index is 1.65. The maximum atomic E-state index is 11.9. The van der Waals surface area contributed by atoms with Gasteiger partial charge in [-0.1, -0.05) is 45.7 Å². The fourth-order valence-corrected chi connectivity index (χ4v) is 5.52. The Morgan fingerprint density at radius 2 is 1.93 bits per heavy atom. The third kappa shape index (κ3) is 6.19. The second-order valence-electron chi connectivity index (χ2n) is 7.00. The number of nitrogens with zero attached hydrogens (tertiary/aromatic N) is 1. The van der Waals surface area contributed by atoms with E-state index in [1.54, 1.807) is 0 Å². The van der Waals surface area contributed by atoms with Crippen molar-refractivity contribution < 1.29 is 18.3 Å². The number of sulfone groups is 1. The summed E-state index contributed by atoms with van der Waals surface area (Å²) in [5.74, 6) is 0.961. The first-order valence-electron chi connectivity index (χ1n) is 9.07. The first-order valence-corrected chi connectivity index (χ1v) is 12.1. The zero-order valence-corrected chi connectivity index (χ0v) is 18.5. The standard InChI is InChI=1S/C20H23BrClNO4S/c21-16-5-7-19(8-6-16)27-13-18(24)12-23(17-9-10-28(25,26)14-17)11-15-3-1-2-4-20(15)22/h1-8,17-18,24H,9-14H2. The van der Waals surface area contributed by atoms with Crippen LogP contribution in [0.1, 0.15) is 12.0 Å². The highest BCUT2D eigenvalue weighted by Crippen LogP contribution is 2.24. The molecule has 152 valence electrons. The lowest BCUT2D eigenvalue weighted by molar-refractivity contribution is 0.0525. The third-order valence-electron chi connectivity index (χ3n) is 4.76. The van der Waals surface area contributed by atoms with Crippen molar-refractivity contribution in [2.75, 3.05) is 24.7 Å². The van der Waals surface area contributed by atoms with Crippen LogP contribution in [0.2, 0.25) is 5.02 Å². The second kappa shape index (κ2) is 9.59. The van der Waals surface area contributed by atoms with Gasteiger partial charge in [0, 0.05) is 28.6 Å². The van der Waals surface area contributed by atoms with Crippen molar-refractivity contribution in [2.24, 2.45) is 0 Å². The van der Waals surface area contributed by atoms with Gasteiger partial charge in [0.1, 0.15) is 18.5 Å². The van der Waals surface area contributed by atoms with E-state index in [4.69, 9.17) is 16.3 Å². The molecule has 0 bridgehead atoms. The zero-order valence-electron chi connectivity index (χ0n) is 15.3. The quantitative estimate of drug-likeness (QED) is 0.616. The molecule has 2 aromatic rings. The van der Waals surface area contributed by atoms with Gasteiger partial charge in [0.2, 0.25) is 0 Å². The number of halogens is 2. The van der Waals surface area contributed by atoms with Crippen molar-refractivity contribution in [3.8, 4) is 5.75 Å². The fraction of sp³-hybridized carbons (Fsp3) is 0.400. The lowest BCUT2D eigenvalue weighted by Gasteiger charge is -2.30. The first kappa shape index (κ1) is 21.6. The van der Waals surface area contributed by atoms with Crippen LogP contribution in [-0.2, 0) is 16.4 Å². The molecular formula is C20H23BrClNO4S. The van der Waals surface area contributed by atoms with E-state index < -0.39 is 15.9 Å². The van der Waals surface area contributed by atoms with Gasteiger partial charge in [0.25, 0.3) is 0 Å². The van der Waals surface area contributed by atoms with Crippen molar-refractivity contribution >= 4 is 37.4 Å². The smallest absolute Gasteiger partial charge is 0.151 e.